The number of nitrogens with two attached hydrogens (primary N) is 1. The van der Waals surface area contributed by atoms with Gasteiger partial charge < -0.3 is 25.2 Å². The second-order valence-electron chi connectivity index (χ2n) is 7.93. The van der Waals surface area contributed by atoms with E-state index in [1.54, 1.807) is 0 Å². The molecule has 0 aromatic carbocycles. The van der Waals surface area contributed by atoms with E-state index in [1.165, 1.54) is 6.33 Å². The van der Waals surface area contributed by atoms with Crippen LogP contribution in [0.25, 0.3) is 22.3 Å². The summed E-state index contributed by atoms with van der Waals surface area (Å²) in [6.07, 6.45) is 5.61. The smallest absolute Gasteiger partial charge is 0.146 e. The van der Waals surface area contributed by atoms with Gasteiger partial charge in [0.2, 0.25) is 0 Å². The van der Waals surface area contributed by atoms with E-state index in [0.717, 1.165) is 78.1 Å². The van der Waals surface area contributed by atoms with Crippen LogP contribution >= 0.6 is 0 Å². The first-order valence-corrected chi connectivity index (χ1v) is 9.76. The summed E-state index contributed by atoms with van der Waals surface area (Å²) in [4.78, 5) is 8.84. The van der Waals surface area contributed by atoms with Crippen LogP contribution in [0, 0.1) is 0 Å². The molecule has 0 spiro atoms. The Morgan fingerprint density at radius 2 is 2.11 bits per heavy atom. The SMILES string of the molecule is Nc1ncnc2c1c1c(n2[C@@H]2CCNC2)CC[C@H](O)c2c-1noc2C1CC1. The van der Waals surface area contributed by atoms with E-state index in [1.807, 2.05) is 0 Å². The van der Waals surface area contributed by atoms with Crippen molar-refractivity contribution in [3.8, 4) is 11.3 Å². The van der Waals surface area contributed by atoms with Gasteiger partial charge in [-0.1, -0.05) is 5.16 Å². The molecule has 140 valence electrons. The number of aliphatic hydroxyl groups is 1. The van der Waals surface area contributed by atoms with Crippen molar-refractivity contribution in [1.29, 1.82) is 0 Å². The molecule has 2 atom stereocenters. The van der Waals surface area contributed by atoms with Crippen molar-refractivity contribution in [2.24, 2.45) is 0 Å². The molecule has 1 aliphatic heterocycles. The Kier molecular flexibility index (Phi) is 3.19. The largest absolute Gasteiger partial charge is 0.388 e. The molecule has 1 saturated heterocycles. The quantitative estimate of drug-likeness (QED) is 0.636. The number of nitrogens with one attached hydrogen (secondary N) is 1. The van der Waals surface area contributed by atoms with Crippen molar-refractivity contribution in [3.63, 3.8) is 0 Å². The molecular formula is C19H22N6O2. The number of nitrogens with zero attached hydrogens (tertiary/aromatic N) is 4. The van der Waals surface area contributed by atoms with Gasteiger partial charge in [0.15, 0.2) is 0 Å². The van der Waals surface area contributed by atoms with Crippen LogP contribution in [0.15, 0.2) is 10.9 Å². The normalized spacial score (nSPS) is 24.8. The molecule has 1 saturated carbocycles. The van der Waals surface area contributed by atoms with Crippen molar-refractivity contribution < 1.29 is 9.63 Å². The lowest BCUT2D eigenvalue weighted by Crippen LogP contribution is -2.16. The zero-order chi connectivity index (χ0) is 18.1. The fourth-order valence-electron chi connectivity index (χ4n) is 4.83. The lowest BCUT2D eigenvalue weighted by molar-refractivity contribution is 0.165. The number of aliphatic hydroxyl groups excluding tert-OH is 1. The summed E-state index contributed by atoms with van der Waals surface area (Å²) in [5, 5.41) is 19.6. The van der Waals surface area contributed by atoms with Gasteiger partial charge in [0.05, 0.1) is 17.1 Å². The third-order valence-corrected chi connectivity index (χ3v) is 6.24. The first-order valence-electron chi connectivity index (χ1n) is 9.76. The van der Waals surface area contributed by atoms with Crippen LogP contribution in [0.5, 0.6) is 0 Å². The van der Waals surface area contributed by atoms with Crippen molar-refractivity contribution in [1.82, 2.24) is 25.0 Å². The third-order valence-electron chi connectivity index (χ3n) is 6.24. The molecule has 8 nitrogen and oxygen atoms in total. The number of rotatable bonds is 2. The average molecular weight is 366 g/mol. The van der Waals surface area contributed by atoms with Crippen LogP contribution in [-0.2, 0) is 6.42 Å². The highest BCUT2D eigenvalue weighted by atomic mass is 16.5. The van der Waals surface area contributed by atoms with Gasteiger partial charge in [-0.15, -0.1) is 0 Å². The standard InChI is InChI=1S/C19H22N6O2/c20-18-15-13-11(25(10-5-6-21-7-10)19(15)23-8-22-18)3-4-12(26)14-16(13)24-27-17(14)9-1-2-9/h8-10,12,21,26H,1-7H2,(H2,20,22,23)/t10-,12+/m1/s1. The van der Waals surface area contributed by atoms with Crippen molar-refractivity contribution >= 4 is 16.9 Å². The van der Waals surface area contributed by atoms with Gasteiger partial charge in [-0.25, -0.2) is 9.97 Å². The summed E-state index contributed by atoms with van der Waals surface area (Å²) >= 11 is 0. The van der Waals surface area contributed by atoms with E-state index >= 15 is 0 Å². The number of fused-ring (bicyclic) bond motifs is 5. The Morgan fingerprint density at radius 3 is 2.89 bits per heavy atom. The first-order chi connectivity index (χ1) is 13.2. The van der Waals surface area contributed by atoms with Crippen molar-refractivity contribution in [3.05, 3.63) is 23.3 Å². The molecule has 3 aromatic rings. The molecule has 8 heteroatoms. The van der Waals surface area contributed by atoms with E-state index in [9.17, 15) is 5.11 Å². The molecule has 0 unspecified atom stereocenters. The second-order valence-corrected chi connectivity index (χ2v) is 7.93. The second kappa shape index (κ2) is 5.53. The van der Waals surface area contributed by atoms with E-state index in [4.69, 9.17) is 10.3 Å². The van der Waals surface area contributed by atoms with Crippen LogP contribution < -0.4 is 11.1 Å². The maximum atomic E-state index is 10.9. The van der Waals surface area contributed by atoms with E-state index in [-0.39, 0.29) is 0 Å². The molecule has 6 rings (SSSR count). The minimum atomic E-state index is -0.565. The molecule has 0 amide bonds. The monoisotopic (exact) mass is 366 g/mol. The van der Waals surface area contributed by atoms with Crippen molar-refractivity contribution in [2.75, 3.05) is 18.8 Å². The third kappa shape index (κ3) is 2.14. The van der Waals surface area contributed by atoms with Crippen LogP contribution in [0.3, 0.4) is 0 Å². The van der Waals surface area contributed by atoms with Gasteiger partial charge in [0.1, 0.15) is 29.2 Å². The van der Waals surface area contributed by atoms with E-state index < -0.39 is 6.10 Å². The highest BCUT2D eigenvalue weighted by molar-refractivity contribution is 6.02. The molecule has 27 heavy (non-hydrogen) atoms. The van der Waals surface area contributed by atoms with E-state index in [2.05, 4.69) is 25.0 Å². The van der Waals surface area contributed by atoms with Gasteiger partial charge in [0.25, 0.3) is 0 Å². The molecule has 4 heterocycles. The van der Waals surface area contributed by atoms with Crippen molar-refractivity contribution in [2.45, 2.75) is 50.2 Å². The zero-order valence-corrected chi connectivity index (χ0v) is 15.0. The Bertz CT molecular complexity index is 1040. The maximum Gasteiger partial charge on any atom is 0.146 e. The lowest BCUT2D eigenvalue weighted by atomic mass is 10.0. The summed E-state index contributed by atoms with van der Waals surface area (Å²) in [7, 11) is 0. The van der Waals surface area contributed by atoms with Gasteiger partial charge in [-0.05, 0) is 38.6 Å². The molecule has 0 radical (unpaired) electrons. The summed E-state index contributed by atoms with van der Waals surface area (Å²) in [6, 6.07) is 0.319. The predicted molar refractivity (Wildman–Crippen MR) is 99.2 cm³/mol. The summed E-state index contributed by atoms with van der Waals surface area (Å²) in [5.74, 6) is 1.70. The molecule has 2 fully saturated rings. The molecule has 4 N–H and O–H groups in total. The first kappa shape index (κ1) is 15.6. The van der Waals surface area contributed by atoms with Gasteiger partial charge >= 0.3 is 0 Å². The Balaban J connectivity index is 1.69. The van der Waals surface area contributed by atoms with Gasteiger partial charge in [-0.3, -0.25) is 0 Å². The average Bonchev–Trinajstić information content (AvgIpc) is 3.11. The Labute approximate surface area is 155 Å². The number of anilines is 1. The minimum Gasteiger partial charge on any atom is -0.388 e. The van der Waals surface area contributed by atoms with Crippen LogP contribution in [-0.4, -0.2) is 37.9 Å². The number of aromatic nitrogens is 4. The predicted octanol–water partition coefficient (Wildman–Crippen LogP) is 2.06. The van der Waals surface area contributed by atoms with Crippen LogP contribution in [0.1, 0.15) is 60.8 Å². The maximum absolute atomic E-state index is 10.9. The summed E-state index contributed by atoms with van der Waals surface area (Å²) in [6.45, 7) is 1.89. The lowest BCUT2D eigenvalue weighted by Gasteiger charge is -2.17. The van der Waals surface area contributed by atoms with Crippen LogP contribution in [0.4, 0.5) is 5.82 Å². The van der Waals surface area contributed by atoms with Gasteiger partial charge in [0, 0.05) is 29.8 Å². The van der Waals surface area contributed by atoms with Crippen LogP contribution in [0.2, 0.25) is 0 Å². The summed E-state index contributed by atoms with van der Waals surface area (Å²) in [5.41, 5.74) is 10.8. The molecular weight excluding hydrogens is 344 g/mol. The fraction of sp³-hybridized carbons (Fsp3) is 0.526. The summed E-state index contributed by atoms with van der Waals surface area (Å²) < 4.78 is 8.04. The minimum absolute atomic E-state index is 0.319. The highest BCUT2D eigenvalue weighted by Gasteiger charge is 2.39. The number of hydrogen-bond acceptors (Lipinski definition) is 7. The van der Waals surface area contributed by atoms with E-state index in [0.29, 0.717) is 24.2 Å². The Hall–Kier alpha value is -2.45. The van der Waals surface area contributed by atoms with Gasteiger partial charge in [-0.2, -0.15) is 0 Å². The molecule has 3 aliphatic rings. The Morgan fingerprint density at radius 1 is 1.22 bits per heavy atom. The zero-order valence-electron chi connectivity index (χ0n) is 15.0. The molecule has 2 aliphatic carbocycles. The number of nitrogen functional groups attached to an aromatic ring is 1. The number of hydrogen-bond donors (Lipinski definition) is 3. The molecule has 3 aromatic heterocycles. The fourth-order valence-corrected chi connectivity index (χ4v) is 4.83. The highest BCUT2D eigenvalue weighted by Crippen LogP contribution is 2.50. The topological polar surface area (TPSA) is 115 Å². The molecule has 0 bridgehead atoms.